The van der Waals surface area contributed by atoms with Crippen LogP contribution in [-0.4, -0.2) is 60.8 Å². The summed E-state index contributed by atoms with van der Waals surface area (Å²) < 4.78 is 31.7. The zero-order valence-electron chi connectivity index (χ0n) is 14.8. The van der Waals surface area contributed by atoms with E-state index in [2.05, 4.69) is 41.2 Å². The van der Waals surface area contributed by atoms with Crippen LogP contribution in [0, 0.1) is 0 Å². The van der Waals surface area contributed by atoms with E-state index in [1.54, 1.807) is 7.05 Å². The molecular weight excluding hydrogens is 403 g/mol. The van der Waals surface area contributed by atoms with Crippen LogP contribution >= 0.6 is 25.3 Å². The van der Waals surface area contributed by atoms with Crippen LogP contribution < -0.4 is 16.0 Å². The molecule has 0 saturated carbocycles. The van der Waals surface area contributed by atoms with Gasteiger partial charge in [0.2, 0.25) is 5.91 Å². The molecule has 0 heterocycles. The van der Waals surface area contributed by atoms with Gasteiger partial charge in [-0.05, 0) is 19.7 Å². The third kappa shape index (κ3) is 9.36. The van der Waals surface area contributed by atoms with E-state index in [-0.39, 0.29) is 24.0 Å². The highest BCUT2D eigenvalue weighted by Crippen LogP contribution is 2.17. The van der Waals surface area contributed by atoms with Gasteiger partial charge in [-0.25, -0.2) is 4.79 Å². The quantitative estimate of drug-likeness (QED) is 0.354. The van der Waals surface area contributed by atoms with E-state index >= 15 is 0 Å². The number of thiol groups is 2. The van der Waals surface area contributed by atoms with Crippen LogP contribution in [-0.2, 0) is 9.59 Å². The summed E-state index contributed by atoms with van der Waals surface area (Å²) >= 11 is 8.54. The average molecular weight is 428 g/mol. The smallest absolute Gasteiger partial charge is 0.475 e. The zero-order valence-corrected chi connectivity index (χ0v) is 16.6. The Morgan fingerprint density at radius 3 is 1.93 bits per heavy atom. The van der Waals surface area contributed by atoms with Crippen molar-refractivity contribution in [2.75, 3.05) is 25.6 Å². The SMILES string of the molecule is CNC(CS)C(=O)NC(CS)C(NC)c1ccccc1.O=C(O)C(F)(F)F. The first-order valence-electron chi connectivity index (χ1n) is 7.84. The van der Waals surface area contributed by atoms with Crippen molar-refractivity contribution in [2.24, 2.45) is 0 Å². The number of carboxylic acids is 1. The summed E-state index contributed by atoms with van der Waals surface area (Å²) in [5.41, 5.74) is 1.13. The van der Waals surface area contributed by atoms with Crippen molar-refractivity contribution in [3.05, 3.63) is 35.9 Å². The Morgan fingerprint density at radius 1 is 1.07 bits per heavy atom. The number of likely N-dealkylation sites (N-methyl/N-ethyl adjacent to an activating group) is 2. The fourth-order valence-corrected chi connectivity index (χ4v) is 2.73. The molecule has 11 heteroatoms. The number of nitrogens with one attached hydrogen (secondary N) is 3. The predicted molar refractivity (Wildman–Crippen MR) is 104 cm³/mol. The average Bonchev–Trinajstić information content (AvgIpc) is 2.63. The molecule has 0 spiro atoms. The van der Waals surface area contributed by atoms with Crippen LogP contribution in [0.4, 0.5) is 13.2 Å². The van der Waals surface area contributed by atoms with Gasteiger partial charge >= 0.3 is 12.1 Å². The van der Waals surface area contributed by atoms with E-state index in [0.29, 0.717) is 11.5 Å². The first-order chi connectivity index (χ1) is 12.6. The van der Waals surface area contributed by atoms with Gasteiger partial charge in [-0.2, -0.15) is 38.4 Å². The third-order valence-electron chi connectivity index (χ3n) is 3.49. The predicted octanol–water partition coefficient (Wildman–Crippen LogP) is 1.51. The van der Waals surface area contributed by atoms with E-state index in [4.69, 9.17) is 9.90 Å². The van der Waals surface area contributed by atoms with Gasteiger partial charge in [0, 0.05) is 11.5 Å². The van der Waals surface area contributed by atoms with Crippen LogP contribution in [0.2, 0.25) is 0 Å². The van der Waals surface area contributed by atoms with E-state index in [9.17, 15) is 18.0 Å². The number of hydrogen-bond acceptors (Lipinski definition) is 6. The Labute approximate surface area is 167 Å². The minimum Gasteiger partial charge on any atom is -0.475 e. The van der Waals surface area contributed by atoms with Gasteiger partial charge in [0.15, 0.2) is 0 Å². The van der Waals surface area contributed by atoms with Gasteiger partial charge in [-0.3, -0.25) is 4.79 Å². The number of amides is 1. The Hall–Kier alpha value is -1.43. The highest BCUT2D eigenvalue weighted by molar-refractivity contribution is 7.80. The lowest BCUT2D eigenvalue weighted by Gasteiger charge is -2.28. The molecule has 3 atom stereocenters. The molecule has 154 valence electrons. The summed E-state index contributed by atoms with van der Waals surface area (Å²) in [6.07, 6.45) is -5.08. The number of alkyl halides is 3. The number of benzene rings is 1. The molecule has 1 aromatic rings. The molecule has 0 saturated heterocycles. The van der Waals surface area contributed by atoms with Crippen LogP contribution in [0.1, 0.15) is 11.6 Å². The number of rotatable bonds is 8. The molecule has 0 radical (unpaired) electrons. The number of carbonyl (C=O) groups is 2. The molecule has 1 rings (SSSR count). The van der Waals surface area contributed by atoms with Crippen LogP contribution in [0.3, 0.4) is 0 Å². The second-order valence-corrected chi connectivity index (χ2v) is 6.03. The number of aliphatic carboxylic acids is 1. The van der Waals surface area contributed by atoms with Gasteiger partial charge < -0.3 is 21.1 Å². The second-order valence-electron chi connectivity index (χ2n) is 5.30. The van der Waals surface area contributed by atoms with Gasteiger partial charge in [0.1, 0.15) is 0 Å². The highest BCUT2D eigenvalue weighted by atomic mass is 32.1. The van der Waals surface area contributed by atoms with Crippen LogP contribution in [0.5, 0.6) is 0 Å². The summed E-state index contributed by atoms with van der Waals surface area (Å²) in [5.74, 6) is -1.81. The van der Waals surface area contributed by atoms with Crippen molar-refractivity contribution in [1.82, 2.24) is 16.0 Å². The minimum atomic E-state index is -5.08. The number of halogens is 3. The minimum absolute atomic E-state index is 0.0232. The summed E-state index contributed by atoms with van der Waals surface area (Å²) in [6.45, 7) is 0. The van der Waals surface area contributed by atoms with E-state index in [1.807, 2.05) is 37.4 Å². The molecule has 1 amide bonds. The topological polar surface area (TPSA) is 90.5 Å². The maximum Gasteiger partial charge on any atom is 0.490 e. The Bertz CT molecular complexity index is 573. The van der Waals surface area contributed by atoms with Crippen molar-refractivity contribution in [3.8, 4) is 0 Å². The number of hydrogen-bond donors (Lipinski definition) is 6. The van der Waals surface area contributed by atoms with Gasteiger partial charge in [0.05, 0.1) is 18.1 Å². The zero-order chi connectivity index (χ0) is 21.0. The summed E-state index contributed by atoms with van der Waals surface area (Å²) in [7, 11) is 3.64. The van der Waals surface area contributed by atoms with Crippen molar-refractivity contribution in [1.29, 1.82) is 0 Å². The molecule has 3 unspecified atom stereocenters. The van der Waals surface area contributed by atoms with Gasteiger partial charge in [-0.1, -0.05) is 30.3 Å². The normalized spacial score (nSPS) is 14.3. The van der Waals surface area contributed by atoms with Crippen molar-refractivity contribution >= 4 is 37.1 Å². The first kappa shape index (κ1) is 25.6. The Balaban J connectivity index is 0.000000821. The fraction of sp³-hybridized carbons (Fsp3) is 0.500. The standard InChI is InChI=1S/C14H23N3OS2.C2HF3O2/c1-15-12(9-20)14(18)17-11(8-19)13(16-2)10-6-4-3-5-7-10;3-2(4,5)1(6)7/h3-7,11-13,15-16,19-20H,8-9H2,1-2H3,(H,17,18);(H,6,7). The maximum atomic E-state index is 12.1. The number of carboxylic acid groups (broad SMARTS) is 1. The third-order valence-corrected chi connectivity index (χ3v) is 4.24. The Morgan fingerprint density at radius 2 is 1.59 bits per heavy atom. The Kier molecular flexibility index (Phi) is 12.2. The van der Waals surface area contributed by atoms with E-state index in [0.717, 1.165) is 5.56 Å². The van der Waals surface area contributed by atoms with E-state index in [1.165, 1.54) is 0 Å². The summed E-state index contributed by atoms with van der Waals surface area (Å²) in [6, 6.07) is 9.67. The highest BCUT2D eigenvalue weighted by Gasteiger charge is 2.38. The van der Waals surface area contributed by atoms with Gasteiger partial charge in [0.25, 0.3) is 0 Å². The molecule has 0 aliphatic heterocycles. The molecule has 27 heavy (non-hydrogen) atoms. The molecule has 0 aromatic heterocycles. The van der Waals surface area contributed by atoms with Crippen molar-refractivity contribution in [3.63, 3.8) is 0 Å². The summed E-state index contributed by atoms with van der Waals surface area (Å²) in [5, 5.41) is 16.3. The van der Waals surface area contributed by atoms with E-state index < -0.39 is 12.1 Å². The number of carbonyl (C=O) groups excluding carboxylic acids is 1. The molecule has 6 nitrogen and oxygen atoms in total. The van der Waals surface area contributed by atoms with Crippen molar-refractivity contribution < 1.29 is 27.9 Å². The fourth-order valence-electron chi connectivity index (χ4n) is 2.08. The first-order valence-corrected chi connectivity index (χ1v) is 9.10. The maximum absolute atomic E-state index is 12.1. The van der Waals surface area contributed by atoms with Gasteiger partial charge in [-0.15, -0.1) is 0 Å². The molecule has 0 fully saturated rings. The summed E-state index contributed by atoms with van der Waals surface area (Å²) in [4.78, 5) is 21.0. The lowest BCUT2D eigenvalue weighted by atomic mass is 10.00. The lowest BCUT2D eigenvalue weighted by molar-refractivity contribution is -0.192. The molecule has 0 bridgehead atoms. The monoisotopic (exact) mass is 427 g/mol. The second kappa shape index (κ2) is 12.9. The van der Waals surface area contributed by atoms with Crippen molar-refractivity contribution in [2.45, 2.75) is 24.3 Å². The molecule has 0 aliphatic rings. The lowest BCUT2D eigenvalue weighted by Crippen LogP contribution is -2.52. The largest absolute Gasteiger partial charge is 0.490 e. The molecule has 0 aliphatic carbocycles. The van der Waals surface area contributed by atoms with Crippen LogP contribution in [0.25, 0.3) is 0 Å². The molecule has 1 aromatic carbocycles. The van der Waals surface area contributed by atoms with Crippen LogP contribution in [0.15, 0.2) is 30.3 Å². The molecule has 4 N–H and O–H groups in total. The molecular formula is C16H24F3N3O3S2.